The van der Waals surface area contributed by atoms with Gasteiger partial charge in [-0.25, -0.2) is 0 Å². The van der Waals surface area contributed by atoms with Gasteiger partial charge in [-0.1, -0.05) is 30.3 Å². The minimum absolute atomic E-state index is 0.00783. The molecule has 0 atom stereocenters. The van der Waals surface area contributed by atoms with Crippen LogP contribution in [0.3, 0.4) is 0 Å². The Balaban J connectivity index is 1.27. The number of ether oxygens (including phenoxy) is 2. The summed E-state index contributed by atoms with van der Waals surface area (Å²) < 4.78 is 10.9. The van der Waals surface area contributed by atoms with E-state index < -0.39 is 5.41 Å². The molecular formula is C26H22N4O3. The molecule has 1 aliphatic carbocycles. The smallest absolute Gasteiger partial charge is 0.235 e. The number of rotatable bonds is 5. The predicted octanol–water partition coefficient (Wildman–Crippen LogP) is 5.23. The van der Waals surface area contributed by atoms with Gasteiger partial charge in [0.15, 0.2) is 11.5 Å². The maximum absolute atomic E-state index is 13.3. The van der Waals surface area contributed by atoms with Crippen LogP contribution in [-0.2, 0) is 10.2 Å². The number of benzene rings is 3. The molecule has 3 aliphatic rings. The van der Waals surface area contributed by atoms with E-state index >= 15 is 0 Å². The van der Waals surface area contributed by atoms with Crippen LogP contribution in [0.1, 0.15) is 29.5 Å². The molecule has 6 rings (SSSR count). The summed E-state index contributed by atoms with van der Waals surface area (Å²) in [5.41, 5.74) is 6.36. The van der Waals surface area contributed by atoms with Crippen LogP contribution in [0.5, 0.6) is 11.5 Å². The Morgan fingerprint density at radius 2 is 1.82 bits per heavy atom. The third-order valence-corrected chi connectivity index (χ3v) is 6.56. The Morgan fingerprint density at radius 3 is 2.64 bits per heavy atom. The summed E-state index contributed by atoms with van der Waals surface area (Å²) in [6, 6.07) is 20.0. The Kier molecular flexibility index (Phi) is 4.50. The van der Waals surface area contributed by atoms with E-state index in [4.69, 9.17) is 9.47 Å². The van der Waals surface area contributed by atoms with Crippen molar-refractivity contribution < 1.29 is 14.3 Å². The molecule has 0 unspecified atom stereocenters. The lowest BCUT2D eigenvalue weighted by Gasteiger charge is -2.17. The lowest BCUT2D eigenvalue weighted by Crippen LogP contribution is -2.27. The number of nitrogens with one attached hydrogen (secondary N) is 1. The molecule has 0 aromatic heterocycles. The molecule has 33 heavy (non-hydrogen) atoms. The highest BCUT2D eigenvalue weighted by molar-refractivity contribution is 6.04. The summed E-state index contributed by atoms with van der Waals surface area (Å²) >= 11 is 0. The van der Waals surface area contributed by atoms with E-state index in [2.05, 4.69) is 39.8 Å². The van der Waals surface area contributed by atoms with Crippen molar-refractivity contribution in [2.75, 3.05) is 18.7 Å². The molecule has 0 saturated heterocycles. The molecule has 1 amide bonds. The first kappa shape index (κ1) is 19.7. The van der Waals surface area contributed by atoms with Crippen molar-refractivity contribution in [3.05, 3.63) is 77.4 Å². The second kappa shape index (κ2) is 7.55. The molecule has 0 spiro atoms. The molecule has 1 N–H and O–H groups in total. The van der Waals surface area contributed by atoms with Gasteiger partial charge < -0.3 is 14.8 Å². The largest absolute Gasteiger partial charge is 0.454 e. The van der Waals surface area contributed by atoms with Crippen LogP contribution in [-0.4, -0.2) is 25.0 Å². The fraction of sp³-hybridized carbons (Fsp3) is 0.231. The van der Waals surface area contributed by atoms with E-state index in [1.54, 1.807) is 0 Å². The summed E-state index contributed by atoms with van der Waals surface area (Å²) in [6.07, 6.45) is 1.63. The average Bonchev–Trinajstić information content (AvgIpc) is 3.24. The van der Waals surface area contributed by atoms with Crippen LogP contribution in [0, 0.1) is 6.92 Å². The minimum Gasteiger partial charge on any atom is -0.454 e. The maximum Gasteiger partial charge on any atom is 0.235 e. The van der Waals surface area contributed by atoms with E-state index in [1.807, 2.05) is 48.5 Å². The monoisotopic (exact) mass is 438 g/mol. The molecule has 3 aromatic carbocycles. The normalized spacial score (nSPS) is 17.1. The van der Waals surface area contributed by atoms with Crippen LogP contribution in [0.25, 0.3) is 11.1 Å². The first-order valence-corrected chi connectivity index (χ1v) is 11.0. The van der Waals surface area contributed by atoms with Crippen molar-refractivity contribution in [2.45, 2.75) is 25.2 Å². The fourth-order valence-corrected chi connectivity index (χ4v) is 4.46. The standard InChI is InChI=1S/C26H22N4O3/c1-16-5-7-20(13-21(16)17-3-2-4-18(11-17)22-14-27-30-29-22)28-25(31)26(9-10-26)19-6-8-23-24(12-19)33-15-32-23/h2-8,11-13H,9-10,14-15H2,1H3,(H,28,31). The number of carbonyl (C=O) groups is 1. The van der Waals surface area contributed by atoms with E-state index in [0.29, 0.717) is 12.3 Å². The molecule has 7 nitrogen and oxygen atoms in total. The summed E-state index contributed by atoms with van der Waals surface area (Å²) in [5, 5.41) is 14.9. The van der Waals surface area contributed by atoms with Gasteiger partial charge in [-0.3, -0.25) is 4.79 Å². The molecule has 0 bridgehead atoms. The van der Waals surface area contributed by atoms with Crippen molar-refractivity contribution in [1.29, 1.82) is 0 Å². The van der Waals surface area contributed by atoms with Crippen molar-refractivity contribution in [3.8, 4) is 22.6 Å². The Bertz CT molecular complexity index is 1340. The van der Waals surface area contributed by atoms with E-state index in [-0.39, 0.29) is 12.7 Å². The Hall–Kier alpha value is -4.00. The van der Waals surface area contributed by atoms with Gasteiger partial charge in [0.1, 0.15) is 6.54 Å². The van der Waals surface area contributed by atoms with Crippen LogP contribution in [0.4, 0.5) is 5.69 Å². The highest BCUT2D eigenvalue weighted by Crippen LogP contribution is 2.51. The lowest BCUT2D eigenvalue weighted by molar-refractivity contribution is -0.118. The fourth-order valence-electron chi connectivity index (χ4n) is 4.46. The first-order valence-electron chi connectivity index (χ1n) is 11.0. The van der Waals surface area contributed by atoms with Gasteiger partial charge in [-0.2, -0.15) is 5.11 Å². The summed E-state index contributed by atoms with van der Waals surface area (Å²) in [7, 11) is 0. The minimum atomic E-state index is -0.514. The average molecular weight is 438 g/mol. The number of anilines is 1. The number of nitrogens with zero attached hydrogens (tertiary/aromatic N) is 3. The third-order valence-electron chi connectivity index (χ3n) is 6.56. The van der Waals surface area contributed by atoms with Gasteiger partial charge in [0, 0.05) is 11.3 Å². The summed E-state index contributed by atoms with van der Waals surface area (Å²) in [6.45, 7) is 2.79. The molecule has 1 saturated carbocycles. The van der Waals surface area contributed by atoms with E-state index in [9.17, 15) is 4.79 Å². The maximum atomic E-state index is 13.3. The SMILES string of the molecule is Cc1ccc(NC(=O)C2(c3ccc4c(c3)OCO4)CC2)cc1-c1cccc(C2=NN=NC2)c1. The number of hydrogen-bond donors (Lipinski definition) is 1. The number of aryl methyl sites for hydroxylation is 1. The zero-order chi connectivity index (χ0) is 22.4. The molecule has 2 aliphatic heterocycles. The summed E-state index contributed by atoms with van der Waals surface area (Å²) in [4.78, 5) is 13.3. The van der Waals surface area contributed by atoms with Gasteiger partial charge >= 0.3 is 0 Å². The Morgan fingerprint density at radius 1 is 0.970 bits per heavy atom. The zero-order valence-corrected chi connectivity index (χ0v) is 18.2. The van der Waals surface area contributed by atoms with E-state index in [0.717, 1.165) is 57.8 Å². The topological polar surface area (TPSA) is 84.6 Å². The number of amides is 1. The second-order valence-electron chi connectivity index (χ2n) is 8.65. The highest BCUT2D eigenvalue weighted by atomic mass is 16.7. The van der Waals surface area contributed by atoms with Crippen molar-refractivity contribution >= 4 is 17.3 Å². The predicted molar refractivity (Wildman–Crippen MR) is 125 cm³/mol. The lowest BCUT2D eigenvalue weighted by atomic mass is 9.94. The van der Waals surface area contributed by atoms with Gasteiger partial charge in [-0.05, 0) is 77.6 Å². The highest BCUT2D eigenvalue weighted by Gasteiger charge is 2.51. The molecule has 2 heterocycles. The van der Waals surface area contributed by atoms with Gasteiger partial charge in [0.25, 0.3) is 0 Å². The third kappa shape index (κ3) is 3.46. The number of hydrogen-bond acceptors (Lipinski definition) is 6. The van der Waals surface area contributed by atoms with Crippen molar-refractivity contribution in [2.24, 2.45) is 15.4 Å². The van der Waals surface area contributed by atoms with Crippen LogP contribution < -0.4 is 14.8 Å². The molecule has 3 aromatic rings. The van der Waals surface area contributed by atoms with Crippen molar-refractivity contribution in [1.82, 2.24) is 0 Å². The first-order chi connectivity index (χ1) is 16.1. The summed E-state index contributed by atoms with van der Waals surface area (Å²) in [5.74, 6) is 1.44. The van der Waals surface area contributed by atoms with Gasteiger partial charge in [-0.15, -0.1) is 5.10 Å². The van der Waals surface area contributed by atoms with Crippen LogP contribution in [0.2, 0.25) is 0 Å². The molecule has 0 radical (unpaired) electrons. The number of carbonyl (C=O) groups excluding carboxylic acids is 1. The number of fused-ring (bicyclic) bond motifs is 1. The molecular weight excluding hydrogens is 416 g/mol. The Labute approximate surface area is 191 Å². The van der Waals surface area contributed by atoms with Gasteiger partial charge in [0.2, 0.25) is 12.7 Å². The van der Waals surface area contributed by atoms with Gasteiger partial charge in [0.05, 0.1) is 11.1 Å². The van der Waals surface area contributed by atoms with Crippen LogP contribution in [0.15, 0.2) is 76.1 Å². The van der Waals surface area contributed by atoms with Crippen LogP contribution >= 0.6 is 0 Å². The van der Waals surface area contributed by atoms with Crippen molar-refractivity contribution in [3.63, 3.8) is 0 Å². The molecule has 1 fully saturated rings. The second-order valence-corrected chi connectivity index (χ2v) is 8.65. The van der Waals surface area contributed by atoms with E-state index in [1.165, 1.54) is 0 Å². The quantitative estimate of drug-likeness (QED) is 0.592. The molecule has 164 valence electrons. The molecule has 7 heteroatoms. The zero-order valence-electron chi connectivity index (χ0n) is 18.2.